The van der Waals surface area contributed by atoms with Crippen molar-refractivity contribution in [3.8, 4) is 11.1 Å². The molecule has 3 aromatic rings. The van der Waals surface area contributed by atoms with Crippen LogP contribution in [0.25, 0.3) is 11.1 Å². The predicted molar refractivity (Wildman–Crippen MR) is 118 cm³/mol. The quantitative estimate of drug-likeness (QED) is 0.653. The Morgan fingerprint density at radius 3 is 2.30 bits per heavy atom. The third kappa shape index (κ3) is 4.58. The molecule has 1 amide bonds. The average Bonchev–Trinajstić information content (AvgIpc) is 3.27. The highest BCUT2D eigenvalue weighted by Gasteiger charge is 2.19. The molecular formula is C23H21N3O3S. The lowest BCUT2D eigenvalue weighted by atomic mass is 10.0. The Hall–Kier alpha value is -3.45. The van der Waals surface area contributed by atoms with E-state index in [0.717, 1.165) is 17.5 Å². The summed E-state index contributed by atoms with van der Waals surface area (Å²) in [6.07, 6.45) is 1.46. The summed E-state index contributed by atoms with van der Waals surface area (Å²) in [4.78, 5) is 16.8. The molecule has 0 saturated heterocycles. The molecule has 1 heterocycles. The SMILES string of the molecule is O=C(Nc1cccc(S(=O)(=O)NC2=NCCC2)c1)c1ccc(-c2ccccc2)cc1. The van der Waals surface area contributed by atoms with Crippen LogP contribution in [-0.2, 0) is 10.0 Å². The minimum Gasteiger partial charge on any atom is -0.322 e. The Morgan fingerprint density at radius 2 is 1.60 bits per heavy atom. The van der Waals surface area contributed by atoms with Crippen LogP contribution < -0.4 is 10.0 Å². The second kappa shape index (κ2) is 8.51. The number of hydrogen-bond acceptors (Lipinski definition) is 4. The van der Waals surface area contributed by atoms with Gasteiger partial charge in [-0.3, -0.25) is 14.5 Å². The number of nitrogens with zero attached hydrogens (tertiary/aromatic N) is 1. The molecule has 152 valence electrons. The number of sulfonamides is 1. The maximum Gasteiger partial charge on any atom is 0.262 e. The van der Waals surface area contributed by atoms with Gasteiger partial charge < -0.3 is 5.32 Å². The Morgan fingerprint density at radius 1 is 0.867 bits per heavy atom. The zero-order valence-electron chi connectivity index (χ0n) is 16.2. The van der Waals surface area contributed by atoms with E-state index in [1.54, 1.807) is 24.3 Å². The molecule has 0 aliphatic carbocycles. The second-order valence-electron chi connectivity index (χ2n) is 6.96. The molecule has 30 heavy (non-hydrogen) atoms. The summed E-state index contributed by atoms with van der Waals surface area (Å²) in [5.41, 5.74) is 2.98. The first-order chi connectivity index (χ1) is 14.5. The van der Waals surface area contributed by atoms with Gasteiger partial charge in [0.05, 0.1) is 4.90 Å². The van der Waals surface area contributed by atoms with Crippen molar-refractivity contribution in [2.24, 2.45) is 4.99 Å². The third-order valence-corrected chi connectivity index (χ3v) is 6.16. The van der Waals surface area contributed by atoms with E-state index >= 15 is 0 Å². The summed E-state index contributed by atoms with van der Waals surface area (Å²) in [5.74, 6) is 0.167. The van der Waals surface area contributed by atoms with Crippen LogP contribution >= 0.6 is 0 Å². The first kappa shape index (κ1) is 19.8. The Kier molecular flexibility index (Phi) is 5.63. The van der Waals surface area contributed by atoms with Crippen molar-refractivity contribution in [3.63, 3.8) is 0 Å². The van der Waals surface area contributed by atoms with Gasteiger partial charge in [-0.1, -0.05) is 48.5 Å². The number of rotatable bonds is 5. The normalized spacial score (nSPS) is 13.5. The first-order valence-electron chi connectivity index (χ1n) is 9.64. The molecule has 6 nitrogen and oxygen atoms in total. The van der Waals surface area contributed by atoms with E-state index in [2.05, 4.69) is 15.0 Å². The van der Waals surface area contributed by atoms with E-state index in [4.69, 9.17) is 0 Å². The van der Waals surface area contributed by atoms with E-state index in [9.17, 15) is 13.2 Å². The molecule has 2 N–H and O–H groups in total. The van der Waals surface area contributed by atoms with Gasteiger partial charge in [0.2, 0.25) is 0 Å². The molecule has 4 rings (SSSR count). The van der Waals surface area contributed by atoms with E-state index in [-0.39, 0.29) is 10.8 Å². The summed E-state index contributed by atoms with van der Waals surface area (Å²) in [6.45, 7) is 0.636. The maximum absolute atomic E-state index is 12.6. The lowest BCUT2D eigenvalue weighted by Crippen LogP contribution is -2.29. The highest BCUT2D eigenvalue weighted by atomic mass is 32.2. The fourth-order valence-corrected chi connectivity index (χ4v) is 4.36. The van der Waals surface area contributed by atoms with E-state index < -0.39 is 10.0 Å². The van der Waals surface area contributed by atoms with Crippen LogP contribution in [0, 0.1) is 0 Å². The van der Waals surface area contributed by atoms with Gasteiger partial charge in [-0.25, -0.2) is 8.42 Å². The number of anilines is 1. The van der Waals surface area contributed by atoms with Crippen LogP contribution in [0.15, 0.2) is 88.8 Å². The van der Waals surface area contributed by atoms with Crippen molar-refractivity contribution < 1.29 is 13.2 Å². The van der Waals surface area contributed by atoms with Crippen molar-refractivity contribution in [1.82, 2.24) is 4.72 Å². The van der Waals surface area contributed by atoms with Crippen LogP contribution in [0.2, 0.25) is 0 Å². The van der Waals surface area contributed by atoms with Gasteiger partial charge in [0.15, 0.2) is 0 Å². The molecular weight excluding hydrogens is 398 g/mol. The number of nitrogens with one attached hydrogen (secondary N) is 2. The fraction of sp³-hybridized carbons (Fsp3) is 0.130. The Labute approximate surface area is 175 Å². The largest absolute Gasteiger partial charge is 0.322 e. The van der Waals surface area contributed by atoms with Crippen molar-refractivity contribution in [1.29, 1.82) is 0 Å². The minimum atomic E-state index is -3.73. The van der Waals surface area contributed by atoms with Gasteiger partial charge in [0.25, 0.3) is 15.9 Å². The summed E-state index contributed by atoms with van der Waals surface area (Å²) in [6, 6.07) is 23.3. The van der Waals surface area contributed by atoms with Gasteiger partial charge in [0, 0.05) is 24.2 Å². The molecule has 0 fully saturated rings. The number of hydrogen-bond donors (Lipinski definition) is 2. The number of amides is 1. The third-order valence-electron chi connectivity index (χ3n) is 4.78. The molecule has 1 aliphatic heterocycles. The van der Waals surface area contributed by atoms with Gasteiger partial charge in [0.1, 0.15) is 5.84 Å². The zero-order valence-corrected chi connectivity index (χ0v) is 17.0. The monoisotopic (exact) mass is 419 g/mol. The lowest BCUT2D eigenvalue weighted by molar-refractivity contribution is 0.102. The molecule has 7 heteroatoms. The van der Waals surface area contributed by atoms with Crippen LogP contribution in [0.3, 0.4) is 0 Å². The number of aliphatic imine (C=N–C) groups is 1. The van der Waals surface area contributed by atoms with Crippen molar-refractivity contribution >= 4 is 27.5 Å². The van der Waals surface area contributed by atoms with Crippen LogP contribution in [0.5, 0.6) is 0 Å². The summed E-state index contributed by atoms with van der Waals surface area (Å²) in [7, 11) is -3.73. The summed E-state index contributed by atoms with van der Waals surface area (Å²) in [5, 5.41) is 2.76. The molecule has 0 aromatic heterocycles. The number of carbonyl (C=O) groups is 1. The Bertz CT molecular complexity index is 1190. The second-order valence-corrected chi connectivity index (χ2v) is 8.65. The number of benzene rings is 3. The topological polar surface area (TPSA) is 87.6 Å². The van der Waals surface area contributed by atoms with Crippen molar-refractivity contribution in [2.45, 2.75) is 17.7 Å². The van der Waals surface area contributed by atoms with E-state index in [1.165, 1.54) is 12.1 Å². The molecule has 0 saturated carbocycles. The Balaban J connectivity index is 1.48. The van der Waals surface area contributed by atoms with E-state index in [0.29, 0.717) is 30.1 Å². The van der Waals surface area contributed by atoms with Gasteiger partial charge in [-0.2, -0.15) is 0 Å². The highest BCUT2D eigenvalue weighted by molar-refractivity contribution is 7.90. The van der Waals surface area contributed by atoms with E-state index in [1.807, 2.05) is 42.5 Å². The minimum absolute atomic E-state index is 0.0781. The highest BCUT2D eigenvalue weighted by Crippen LogP contribution is 2.21. The average molecular weight is 420 g/mol. The molecule has 0 bridgehead atoms. The van der Waals surface area contributed by atoms with Gasteiger partial charge in [-0.05, 0) is 47.9 Å². The molecule has 0 radical (unpaired) electrons. The molecule has 0 atom stereocenters. The van der Waals surface area contributed by atoms with Crippen LogP contribution in [0.4, 0.5) is 5.69 Å². The van der Waals surface area contributed by atoms with Crippen molar-refractivity contribution in [3.05, 3.63) is 84.4 Å². The van der Waals surface area contributed by atoms with Crippen molar-refractivity contribution in [2.75, 3.05) is 11.9 Å². The smallest absolute Gasteiger partial charge is 0.262 e. The van der Waals surface area contributed by atoms with Crippen LogP contribution in [0.1, 0.15) is 23.2 Å². The molecule has 3 aromatic carbocycles. The lowest BCUT2D eigenvalue weighted by Gasteiger charge is -2.10. The summed E-state index contributed by atoms with van der Waals surface area (Å²) >= 11 is 0. The fourth-order valence-electron chi connectivity index (χ4n) is 3.23. The number of amidine groups is 1. The molecule has 0 spiro atoms. The number of carbonyl (C=O) groups excluding carboxylic acids is 1. The molecule has 1 aliphatic rings. The summed E-state index contributed by atoms with van der Waals surface area (Å²) < 4.78 is 27.6. The predicted octanol–water partition coefficient (Wildman–Crippen LogP) is 4.08. The zero-order chi connectivity index (χ0) is 21.0. The van der Waals surface area contributed by atoms with Gasteiger partial charge >= 0.3 is 0 Å². The standard InChI is InChI=1S/C23H21N3O3S/c27-23(19-13-11-18(12-14-19)17-6-2-1-3-7-17)25-20-8-4-9-21(16-20)30(28,29)26-22-10-5-15-24-22/h1-4,6-9,11-14,16H,5,10,15H2,(H,24,26)(H,25,27). The van der Waals surface area contributed by atoms with Crippen LogP contribution in [-0.4, -0.2) is 26.7 Å². The maximum atomic E-state index is 12.6. The first-order valence-corrected chi connectivity index (χ1v) is 11.1. The van der Waals surface area contributed by atoms with Gasteiger partial charge in [-0.15, -0.1) is 0 Å². The molecule has 0 unspecified atom stereocenters.